The van der Waals surface area contributed by atoms with Crippen molar-refractivity contribution in [3.05, 3.63) is 71.4 Å². The van der Waals surface area contributed by atoms with E-state index in [1.54, 1.807) is 24.3 Å². The molecule has 1 unspecified atom stereocenters. The number of fused-ring (bicyclic) bond motifs is 1. The second-order valence-electron chi connectivity index (χ2n) is 8.86. The van der Waals surface area contributed by atoms with Gasteiger partial charge in [0.25, 0.3) is 5.91 Å². The molecule has 2 aromatic carbocycles. The maximum Gasteiger partial charge on any atom is 0.330 e. The van der Waals surface area contributed by atoms with E-state index in [9.17, 15) is 9.59 Å². The summed E-state index contributed by atoms with van der Waals surface area (Å²) in [5, 5.41) is 16.0. The largest absolute Gasteiger partial charge is 0.489 e. The van der Waals surface area contributed by atoms with E-state index < -0.39 is 11.5 Å². The van der Waals surface area contributed by atoms with Gasteiger partial charge in [-0.3, -0.25) is 19.8 Å². The lowest BCUT2D eigenvalue weighted by Gasteiger charge is -2.33. The lowest BCUT2D eigenvalue weighted by Crippen LogP contribution is -2.55. The summed E-state index contributed by atoms with van der Waals surface area (Å²) < 4.78 is 5.99. The number of aromatic nitrogens is 1. The van der Waals surface area contributed by atoms with Crippen LogP contribution in [0.3, 0.4) is 0 Å². The number of aryl methyl sites for hydroxylation is 1. The van der Waals surface area contributed by atoms with Crippen LogP contribution in [-0.4, -0.2) is 40.7 Å². The van der Waals surface area contributed by atoms with Gasteiger partial charge in [-0.05, 0) is 74.8 Å². The highest BCUT2D eigenvalue weighted by Gasteiger charge is 2.36. The first-order chi connectivity index (χ1) is 17.0. The molecule has 1 aliphatic heterocycles. The smallest absolute Gasteiger partial charge is 0.330 e. The van der Waals surface area contributed by atoms with E-state index in [1.165, 1.54) is 5.64 Å². The Bertz CT molecular complexity index is 1170. The predicted molar refractivity (Wildman–Crippen MR) is 130 cm³/mol. The fraction of sp³-hybridized carbons (Fsp3) is 0.346. The Kier molecular flexibility index (Phi) is 7.91. The number of carbonyl (C=O) groups excluding carboxylic acids is 2. The molecular weight excluding hydrogens is 448 g/mol. The van der Waals surface area contributed by atoms with Crippen LogP contribution in [0.25, 0.3) is 10.9 Å². The lowest BCUT2D eigenvalue weighted by atomic mass is 9.89. The molecule has 1 aromatic heterocycles. The first-order valence-electron chi connectivity index (χ1n) is 11.7. The number of carbonyl (C=O) groups is 2. The Labute approximate surface area is 203 Å². The third kappa shape index (κ3) is 6.33. The minimum Gasteiger partial charge on any atom is -0.489 e. The Morgan fingerprint density at radius 1 is 1.14 bits per heavy atom. The summed E-state index contributed by atoms with van der Waals surface area (Å²) in [6.45, 7) is 3.58. The molecule has 3 aromatic rings. The number of amides is 1. The number of para-hydroxylation sites is 1. The average molecular weight is 479 g/mol. The minimum atomic E-state index is -0.809. The molecule has 2 heterocycles. The van der Waals surface area contributed by atoms with E-state index in [-0.39, 0.29) is 12.3 Å². The number of pyridine rings is 1. The standard InChI is InChI=1S/C26H30N4O5/c1-18-14-20(22-6-2-3-7-23(22)28-18)16-34-21-10-8-19(9-11-21)25(32)29-26(15-24(31)35-30-33)12-4-5-13-27-17-26/h2-3,6-11,14,27,30,33H,4-5,12-13,15-17H2,1H3,(H,29,32). The van der Waals surface area contributed by atoms with Gasteiger partial charge in [-0.2, -0.15) is 0 Å². The van der Waals surface area contributed by atoms with Crippen LogP contribution in [0.5, 0.6) is 5.75 Å². The molecule has 0 bridgehead atoms. The van der Waals surface area contributed by atoms with Gasteiger partial charge in [0, 0.05) is 28.8 Å². The van der Waals surface area contributed by atoms with Gasteiger partial charge in [0.2, 0.25) is 0 Å². The molecule has 9 heteroatoms. The van der Waals surface area contributed by atoms with Gasteiger partial charge in [0.1, 0.15) is 12.4 Å². The van der Waals surface area contributed by atoms with Crippen LogP contribution < -0.4 is 21.0 Å². The summed E-state index contributed by atoms with van der Waals surface area (Å²) in [7, 11) is 0. The molecule has 1 atom stereocenters. The highest BCUT2D eigenvalue weighted by atomic mass is 16.9. The van der Waals surface area contributed by atoms with Crippen LogP contribution in [0.1, 0.15) is 47.3 Å². The summed E-state index contributed by atoms with van der Waals surface area (Å²) in [4.78, 5) is 34.1. The zero-order chi connectivity index (χ0) is 24.7. The monoisotopic (exact) mass is 478 g/mol. The molecule has 0 spiro atoms. The summed E-state index contributed by atoms with van der Waals surface area (Å²) in [6.07, 6.45) is 2.35. The summed E-state index contributed by atoms with van der Waals surface area (Å²) >= 11 is 0. The van der Waals surface area contributed by atoms with Crippen molar-refractivity contribution in [2.24, 2.45) is 0 Å². The van der Waals surface area contributed by atoms with Gasteiger partial charge in [0.15, 0.2) is 0 Å². The van der Waals surface area contributed by atoms with Crippen molar-refractivity contribution in [3.63, 3.8) is 0 Å². The van der Waals surface area contributed by atoms with Crippen LogP contribution in [0.15, 0.2) is 54.6 Å². The summed E-state index contributed by atoms with van der Waals surface area (Å²) in [5.74, 6) is -0.302. The quantitative estimate of drug-likeness (QED) is 0.364. The Hall–Kier alpha value is -3.53. The normalized spacial score (nSPS) is 18.0. The summed E-state index contributed by atoms with van der Waals surface area (Å²) in [6, 6.07) is 16.9. The van der Waals surface area contributed by atoms with Crippen molar-refractivity contribution in [1.29, 1.82) is 0 Å². The molecule has 184 valence electrons. The molecule has 0 saturated carbocycles. The minimum absolute atomic E-state index is 0.0696. The number of hydrogen-bond donors (Lipinski definition) is 4. The molecule has 4 N–H and O–H groups in total. The second-order valence-corrected chi connectivity index (χ2v) is 8.86. The highest BCUT2D eigenvalue weighted by molar-refractivity contribution is 5.95. The molecule has 1 fully saturated rings. The van der Waals surface area contributed by atoms with E-state index >= 15 is 0 Å². The van der Waals surface area contributed by atoms with Crippen LogP contribution in [0.2, 0.25) is 0 Å². The van der Waals surface area contributed by atoms with Gasteiger partial charge in [-0.1, -0.05) is 18.2 Å². The van der Waals surface area contributed by atoms with E-state index in [0.717, 1.165) is 41.5 Å². The van der Waals surface area contributed by atoms with Crippen molar-refractivity contribution < 1.29 is 24.4 Å². The Morgan fingerprint density at radius 2 is 1.94 bits per heavy atom. The molecule has 1 saturated heterocycles. The molecule has 4 rings (SSSR count). The molecule has 0 radical (unpaired) electrons. The van der Waals surface area contributed by atoms with Gasteiger partial charge in [-0.15, -0.1) is 0 Å². The molecule has 1 amide bonds. The van der Waals surface area contributed by atoms with Crippen LogP contribution in [0, 0.1) is 6.92 Å². The number of benzene rings is 2. The zero-order valence-electron chi connectivity index (χ0n) is 19.7. The van der Waals surface area contributed by atoms with Crippen LogP contribution in [-0.2, 0) is 16.2 Å². The number of nitrogens with zero attached hydrogens (tertiary/aromatic N) is 1. The third-order valence-corrected chi connectivity index (χ3v) is 6.18. The second kappa shape index (κ2) is 11.3. The average Bonchev–Trinajstić information content (AvgIpc) is 3.08. The van der Waals surface area contributed by atoms with Gasteiger partial charge in [0.05, 0.1) is 17.5 Å². The Balaban J connectivity index is 1.43. The van der Waals surface area contributed by atoms with Gasteiger partial charge < -0.3 is 20.2 Å². The van der Waals surface area contributed by atoms with Crippen LogP contribution >= 0.6 is 0 Å². The van der Waals surface area contributed by atoms with Gasteiger partial charge in [-0.25, -0.2) is 0 Å². The van der Waals surface area contributed by atoms with Crippen molar-refractivity contribution in [2.45, 2.75) is 44.8 Å². The molecule has 9 nitrogen and oxygen atoms in total. The number of ether oxygens (including phenoxy) is 1. The molecule has 0 aliphatic carbocycles. The van der Waals surface area contributed by atoms with Crippen molar-refractivity contribution in [3.8, 4) is 5.75 Å². The third-order valence-electron chi connectivity index (χ3n) is 6.18. The fourth-order valence-corrected chi connectivity index (χ4v) is 4.49. The topological polar surface area (TPSA) is 122 Å². The van der Waals surface area contributed by atoms with E-state index in [4.69, 9.17) is 9.94 Å². The number of hydrogen-bond acceptors (Lipinski definition) is 8. The number of rotatable bonds is 8. The van der Waals surface area contributed by atoms with E-state index in [0.29, 0.717) is 30.9 Å². The SMILES string of the molecule is Cc1cc(COc2ccc(C(=O)NC3(CC(=O)ONO)CCCCNC3)cc2)c2ccccc2n1. The lowest BCUT2D eigenvalue weighted by molar-refractivity contribution is -0.178. The van der Waals surface area contributed by atoms with Crippen molar-refractivity contribution >= 4 is 22.8 Å². The van der Waals surface area contributed by atoms with Gasteiger partial charge >= 0.3 is 5.97 Å². The van der Waals surface area contributed by atoms with Crippen LogP contribution in [0.4, 0.5) is 0 Å². The number of nitrogens with one attached hydrogen (secondary N) is 3. The Morgan fingerprint density at radius 3 is 2.74 bits per heavy atom. The fourth-order valence-electron chi connectivity index (χ4n) is 4.49. The first-order valence-corrected chi connectivity index (χ1v) is 11.7. The van der Waals surface area contributed by atoms with Crippen molar-refractivity contribution in [2.75, 3.05) is 13.1 Å². The zero-order valence-corrected chi connectivity index (χ0v) is 19.7. The molecule has 1 aliphatic rings. The first kappa shape index (κ1) is 24.6. The maximum atomic E-state index is 13.0. The van der Waals surface area contributed by atoms with Crippen molar-refractivity contribution in [1.82, 2.24) is 21.3 Å². The molecular formula is C26H30N4O5. The molecule has 35 heavy (non-hydrogen) atoms. The highest BCUT2D eigenvalue weighted by Crippen LogP contribution is 2.24. The predicted octanol–water partition coefficient (Wildman–Crippen LogP) is 3.19. The van der Waals surface area contributed by atoms with E-state index in [1.807, 2.05) is 37.3 Å². The summed E-state index contributed by atoms with van der Waals surface area (Å²) in [5.41, 5.74) is 3.97. The maximum absolute atomic E-state index is 13.0. The van der Waals surface area contributed by atoms with E-state index in [2.05, 4.69) is 20.5 Å².